The minimum absolute atomic E-state index is 0.0158. The van der Waals surface area contributed by atoms with Gasteiger partial charge in [-0.25, -0.2) is 0 Å². The van der Waals surface area contributed by atoms with E-state index in [1.165, 1.54) is 6.42 Å². The summed E-state index contributed by atoms with van der Waals surface area (Å²) in [5.74, 6) is -0.0158. The van der Waals surface area contributed by atoms with Gasteiger partial charge in [0, 0.05) is 48.1 Å². The van der Waals surface area contributed by atoms with Crippen LogP contribution in [0.2, 0.25) is 0 Å². The molecule has 0 aromatic carbocycles. The number of nitrogens with zero attached hydrogens (tertiary/aromatic N) is 3. The van der Waals surface area contributed by atoms with Crippen LogP contribution in [-0.4, -0.2) is 45.1 Å². The van der Waals surface area contributed by atoms with Gasteiger partial charge in [-0.1, -0.05) is 12.5 Å². The molecule has 1 atom stereocenters. The van der Waals surface area contributed by atoms with Crippen LogP contribution in [0.4, 0.5) is 0 Å². The van der Waals surface area contributed by atoms with Crippen molar-refractivity contribution in [2.24, 2.45) is 11.1 Å². The van der Waals surface area contributed by atoms with E-state index in [2.05, 4.69) is 15.2 Å². The highest BCUT2D eigenvalue weighted by Crippen LogP contribution is 2.47. The molecule has 6 nitrogen and oxygen atoms in total. The van der Waals surface area contributed by atoms with Gasteiger partial charge in [-0.3, -0.25) is 14.9 Å². The molecule has 1 spiro atoms. The highest BCUT2D eigenvalue weighted by molar-refractivity contribution is 5.93. The van der Waals surface area contributed by atoms with E-state index in [4.69, 9.17) is 5.73 Å². The maximum atomic E-state index is 12.6. The van der Waals surface area contributed by atoms with Gasteiger partial charge in [0.1, 0.15) is 5.69 Å². The number of nitrogens with one attached hydrogen (secondary N) is 1. The predicted molar refractivity (Wildman–Crippen MR) is 82.0 cm³/mol. The second-order valence-corrected chi connectivity index (χ2v) is 6.43. The van der Waals surface area contributed by atoms with Gasteiger partial charge in [-0.05, 0) is 18.9 Å². The van der Waals surface area contributed by atoms with Gasteiger partial charge in [-0.15, -0.1) is 0 Å². The monoisotopic (exact) mass is 297 g/mol. The Morgan fingerprint density at radius 1 is 1.32 bits per heavy atom. The first kappa shape index (κ1) is 13.5. The first-order chi connectivity index (χ1) is 10.7. The van der Waals surface area contributed by atoms with E-state index in [0.717, 1.165) is 30.5 Å². The second kappa shape index (κ2) is 4.91. The molecule has 0 bridgehead atoms. The lowest BCUT2D eigenvalue weighted by Gasteiger charge is -2.41. The van der Waals surface area contributed by atoms with Crippen molar-refractivity contribution in [1.82, 2.24) is 20.1 Å². The first-order valence-corrected chi connectivity index (χ1v) is 7.68. The molecule has 1 aliphatic carbocycles. The zero-order valence-corrected chi connectivity index (χ0v) is 12.3. The normalized spacial score (nSPS) is 22.8. The Bertz CT molecular complexity index is 675. The molecule has 3 heterocycles. The fourth-order valence-electron chi connectivity index (χ4n) is 3.57. The summed E-state index contributed by atoms with van der Waals surface area (Å²) in [6, 6.07) is 3.79. The molecule has 2 aliphatic rings. The van der Waals surface area contributed by atoms with Crippen LogP contribution in [0, 0.1) is 5.41 Å². The van der Waals surface area contributed by atoms with Gasteiger partial charge < -0.3 is 10.6 Å². The average molecular weight is 297 g/mol. The van der Waals surface area contributed by atoms with Gasteiger partial charge in [0.15, 0.2) is 0 Å². The number of rotatable bonds is 2. The summed E-state index contributed by atoms with van der Waals surface area (Å²) in [6.07, 6.45) is 8.77. The van der Waals surface area contributed by atoms with Crippen LogP contribution in [0.25, 0.3) is 11.1 Å². The predicted octanol–water partition coefficient (Wildman–Crippen LogP) is 1.43. The SMILES string of the molecule is NC1CN(C(=O)c2ccc(-c3cn[nH]c3)cn2)CC12CCC2. The lowest BCUT2D eigenvalue weighted by atomic mass is 9.66. The van der Waals surface area contributed by atoms with Crippen molar-refractivity contribution in [3.8, 4) is 11.1 Å². The number of carbonyl (C=O) groups excluding carboxylic acids is 1. The number of likely N-dealkylation sites (tertiary alicyclic amines) is 1. The number of pyridine rings is 1. The molecule has 1 unspecified atom stereocenters. The van der Waals surface area contributed by atoms with Crippen LogP contribution in [0.5, 0.6) is 0 Å². The Balaban J connectivity index is 1.51. The van der Waals surface area contributed by atoms with Crippen molar-refractivity contribution in [3.63, 3.8) is 0 Å². The topological polar surface area (TPSA) is 87.9 Å². The molecule has 6 heteroatoms. The fourth-order valence-corrected chi connectivity index (χ4v) is 3.57. The third-order valence-electron chi connectivity index (χ3n) is 5.16. The molecular weight excluding hydrogens is 278 g/mol. The minimum Gasteiger partial charge on any atom is -0.335 e. The summed E-state index contributed by atoms with van der Waals surface area (Å²) in [5.41, 5.74) is 8.80. The molecule has 22 heavy (non-hydrogen) atoms. The molecule has 3 N–H and O–H groups in total. The van der Waals surface area contributed by atoms with E-state index in [9.17, 15) is 4.79 Å². The van der Waals surface area contributed by atoms with Gasteiger partial charge in [0.2, 0.25) is 0 Å². The van der Waals surface area contributed by atoms with Crippen molar-refractivity contribution in [2.75, 3.05) is 13.1 Å². The summed E-state index contributed by atoms with van der Waals surface area (Å²) in [4.78, 5) is 18.8. The minimum atomic E-state index is -0.0158. The number of nitrogens with two attached hydrogens (primary N) is 1. The molecule has 2 aromatic rings. The lowest BCUT2D eigenvalue weighted by Crippen LogP contribution is -2.45. The molecule has 2 fully saturated rings. The molecule has 1 amide bonds. The summed E-state index contributed by atoms with van der Waals surface area (Å²) in [5, 5.41) is 6.69. The standard InChI is InChI=1S/C16H19N5O/c17-14-9-21(10-16(14)4-1-5-16)15(22)13-3-2-11(6-18-13)12-7-19-20-8-12/h2-3,6-8,14H,1,4-5,9-10,17H2,(H,19,20). The zero-order valence-electron chi connectivity index (χ0n) is 12.3. The van der Waals surface area contributed by atoms with E-state index in [1.807, 2.05) is 11.0 Å². The van der Waals surface area contributed by atoms with Crippen LogP contribution in [-0.2, 0) is 0 Å². The van der Waals surface area contributed by atoms with Gasteiger partial charge in [0.25, 0.3) is 5.91 Å². The van der Waals surface area contributed by atoms with Gasteiger partial charge in [0.05, 0.1) is 6.20 Å². The van der Waals surface area contributed by atoms with Crippen LogP contribution in [0.15, 0.2) is 30.7 Å². The molecular formula is C16H19N5O. The summed E-state index contributed by atoms with van der Waals surface area (Å²) >= 11 is 0. The Kier molecular flexibility index (Phi) is 3.00. The third kappa shape index (κ3) is 2.02. The second-order valence-electron chi connectivity index (χ2n) is 6.43. The number of aromatic amines is 1. The molecule has 2 aromatic heterocycles. The van der Waals surface area contributed by atoms with Crippen molar-refractivity contribution in [3.05, 3.63) is 36.4 Å². The van der Waals surface area contributed by atoms with Crippen LogP contribution in [0.1, 0.15) is 29.8 Å². The van der Waals surface area contributed by atoms with Crippen LogP contribution in [0.3, 0.4) is 0 Å². The maximum Gasteiger partial charge on any atom is 0.272 e. The van der Waals surface area contributed by atoms with Crippen molar-refractivity contribution < 1.29 is 4.79 Å². The van der Waals surface area contributed by atoms with Crippen LogP contribution < -0.4 is 5.73 Å². The highest BCUT2D eigenvalue weighted by atomic mass is 16.2. The number of amides is 1. The van der Waals surface area contributed by atoms with Crippen LogP contribution >= 0.6 is 0 Å². The molecule has 1 saturated carbocycles. The summed E-state index contributed by atoms with van der Waals surface area (Å²) in [6.45, 7) is 1.42. The summed E-state index contributed by atoms with van der Waals surface area (Å²) in [7, 11) is 0. The fraction of sp³-hybridized carbons (Fsp3) is 0.438. The molecule has 114 valence electrons. The van der Waals surface area contributed by atoms with E-state index in [0.29, 0.717) is 12.2 Å². The van der Waals surface area contributed by atoms with E-state index >= 15 is 0 Å². The average Bonchev–Trinajstić information content (AvgIpc) is 3.13. The van der Waals surface area contributed by atoms with Crippen molar-refractivity contribution in [1.29, 1.82) is 0 Å². The quantitative estimate of drug-likeness (QED) is 0.877. The number of hydrogen-bond acceptors (Lipinski definition) is 4. The lowest BCUT2D eigenvalue weighted by molar-refractivity contribution is 0.0721. The number of carbonyl (C=O) groups is 1. The first-order valence-electron chi connectivity index (χ1n) is 7.68. The zero-order chi connectivity index (χ0) is 15.2. The van der Waals surface area contributed by atoms with E-state index in [-0.39, 0.29) is 17.4 Å². The number of H-pyrrole nitrogens is 1. The number of hydrogen-bond donors (Lipinski definition) is 2. The van der Waals surface area contributed by atoms with Crippen molar-refractivity contribution >= 4 is 5.91 Å². The Morgan fingerprint density at radius 2 is 2.18 bits per heavy atom. The van der Waals surface area contributed by atoms with Gasteiger partial charge in [-0.2, -0.15) is 5.10 Å². The van der Waals surface area contributed by atoms with Crippen molar-refractivity contribution in [2.45, 2.75) is 25.3 Å². The number of aromatic nitrogens is 3. The molecule has 1 saturated heterocycles. The Hall–Kier alpha value is -2.21. The Morgan fingerprint density at radius 3 is 2.73 bits per heavy atom. The van der Waals surface area contributed by atoms with E-state index in [1.54, 1.807) is 24.7 Å². The molecule has 4 rings (SSSR count). The Labute approximate surface area is 128 Å². The van der Waals surface area contributed by atoms with E-state index < -0.39 is 0 Å². The third-order valence-corrected chi connectivity index (χ3v) is 5.16. The molecule has 1 aliphatic heterocycles. The largest absolute Gasteiger partial charge is 0.335 e. The highest BCUT2D eigenvalue weighted by Gasteiger charge is 2.50. The summed E-state index contributed by atoms with van der Waals surface area (Å²) < 4.78 is 0. The maximum absolute atomic E-state index is 12.6. The van der Waals surface area contributed by atoms with Gasteiger partial charge >= 0.3 is 0 Å². The molecule has 0 radical (unpaired) electrons. The smallest absolute Gasteiger partial charge is 0.272 e.